The molecule has 0 saturated heterocycles. The first-order valence-electron chi connectivity index (χ1n) is 6.50. The molecule has 21 heavy (non-hydrogen) atoms. The van der Waals surface area contributed by atoms with Gasteiger partial charge >= 0.3 is 5.97 Å². The number of hydrogen-bond acceptors (Lipinski definition) is 2. The van der Waals surface area contributed by atoms with Crippen LogP contribution in [-0.4, -0.2) is 23.5 Å². The maximum atomic E-state index is 12.6. The van der Waals surface area contributed by atoms with Crippen molar-refractivity contribution in [3.63, 3.8) is 0 Å². The minimum absolute atomic E-state index is 0.174. The van der Waals surface area contributed by atoms with Gasteiger partial charge in [-0.2, -0.15) is 0 Å². The average molecular weight is 302 g/mol. The number of anilines is 1. The number of carboxylic acids is 1. The number of halogens is 1. The third kappa shape index (κ3) is 2.38. The van der Waals surface area contributed by atoms with E-state index in [-0.39, 0.29) is 11.5 Å². The predicted octanol–water partition coefficient (Wildman–Crippen LogP) is 3.24. The number of carbonyl (C=O) groups excluding carboxylic acids is 1. The third-order valence-electron chi connectivity index (χ3n) is 3.58. The minimum Gasteiger partial charge on any atom is -0.478 e. The third-order valence-corrected chi connectivity index (χ3v) is 3.91. The van der Waals surface area contributed by atoms with Crippen molar-refractivity contribution in [1.82, 2.24) is 0 Å². The first kappa shape index (κ1) is 13.6. The fourth-order valence-corrected chi connectivity index (χ4v) is 2.72. The Morgan fingerprint density at radius 2 is 1.90 bits per heavy atom. The molecule has 2 aromatic rings. The number of hydrogen-bond donors (Lipinski definition) is 1. The molecule has 0 bridgehead atoms. The van der Waals surface area contributed by atoms with E-state index in [9.17, 15) is 9.59 Å². The van der Waals surface area contributed by atoms with E-state index in [1.165, 1.54) is 0 Å². The van der Waals surface area contributed by atoms with E-state index in [2.05, 4.69) is 0 Å². The number of aromatic carboxylic acids is 1. The van der Waals surface area contributed by atoms with Crippen molar-refractivity contribution in [1.29, 1.82) is 0 Å². The zero-order valence-corrected chi connectivity index (χ0v) is 11.8. The number of carboxylic acid groups (broad SMARTS) is 1. The highest BCUT2D eigenvalue weighted by atomic mass is 35.5. The largest absolute Gasteiger partial charge is 0.478 e. The van der Waals surface area contributed by atoms with Crippen LogP contribution in [0, 0.1) is 0 Å². The molecule has 1 aliphatic rings. The van der Waals surface area contributed by atoms with Gasteiger partial charge in [0.25, 0.3) is 5.91 Å². The standard InChI is InChI=1S/C16H12ClNO3/c17-13-4-2-1-3-12(13)15(19)18-8-7-10-5-6-11(16(20)21)9-14(10)18/h1-6,9H,7-8H2,(H,20,21). The Morgan fingerprint density at radius 3 is 2.62 bits per heavy atom. The molecule has 0 spiro atoms. The topological polar surface area (TPSA) is 57.6 Å². The Labute approximate surface area is 126 Å². The van der Waals surface area contributed by atoms with E-state index in [0.29, 0.717) is 29.2 Å². The summed E-state index contributed by atoms with van der Waals surface area (Å²) in [7, 11) is 0. The zero-order chi connectivity index (χ0) is 15.0. The lowest BCUT2D eigenvalue weighted by atomic mass is 10.1. The van der Waals surface area contributed by atoms with Crippen LogP contribution in [0.15, 0.2) is 42.5 Å². The molecule has 3 rings (SSSR count). The summed E-state index contributed by atoms with van der Waals surface area (Å²) in [6.07, 6.45) is 0.714. The Morgan fingerprint density at radius 1 is 1.14 bits per heavy atom. The molecule has 0 radical (unpaired) electrons. The van der Waals surface area contributed by atoms with Crippen molar-refractivity contribution in [3.8, 4) is 0 Å². The van der Waals surface area contributed by atoms with Crippen molar-refractivity contribution in [2.45, 2.75) is 6.42 Å². The Kier molecular flexibility index (Phi) is 3.39. The van der Waals surface area contributed by atoms with Crippen LogP contribution in [-0.2, 0) is 6.42 Å². The minimum atomic E-state index is -1.00. The molecule has 1 amide bonds. The van der Waals surface area contributed by atoms with Crippen molar-refractivity contribution in [3.05, 3.63) is 64.2 Å². The van der Waals surface area contributed by atoms with Crippen LogP contribution in [0.5, 0.6) is 0 Å². The molecule has 1 aliphatic heterocycles. The van der Waals surface area contributed by atoms with Gasteiger partial charge in [-0.1, -0.05) is 29.8 Å². The molecule has 4 nitrogen and oxygen atoms in total. The van der Waals surface area contributed by atoms with Crippen LogP contribution in [0.3, 0.4) is 0 Å². The van der Waals surface area contributed by atoms with Crippen LogP contribution >= 0.6 is 11.6 Å². The van der Waals surface area contributed by atoms with Crippen LogP contribution < -0.4 is 4.90 Å². The lowest BCUT2D eigenvalue weighted by Crippen LogP contribution is -2.29. The molecule has 0 atom stereocenters. The number of fused-ring (bicyclic) bond motifs is 1. The molecule has 0 aromatic heterocycles. The van der Waals surface area contributed by atoms with Crippen molar-refractivity contribution in [2.24, 2.45) is 0 Å². The second-order valence-electron chi connectivity index (χ2n) is 4.84. The van der Waals surface area contributed by atoms with E-state index in [1.807, 2.05) is 0 Å². The summed E-state index contributed by atoms with van der Waals surface area (Å²) in [5.41, 5.74) is 2.22. The molecule has 5 heteroatoms. The molecule has 106 valence electrons. The number of rotatable bonds is 2. The van der Waals surface area contributed by atoms with E-state index < -0.39 is 5.97 Å². The average Bonchev–Trinajstić information content (AvgIpc) is 2.90. The second kappa shape index (κ2) is 5.22. The highest BCUT2D eigenvalue weighted by Gasteiger charge is 2.27. The zero-order valence-electron chi connectivity index (χ0n) is 11.0. The van der Waals surface area contributed by atoms with Gasteiger partial charge in [-0.25, -0.2) is 4.79 Å². The normalized spacial score (nSPS) is 13.1. The van der Waals surface area contributed by atoms with Gasteiger partial charge in [0.05, 0.1) is 16.1 Å². The summed E-state index contributed by atoms with van der Waals surface area (Å²) in [5.74, 6) is -1.21. The molecule has 1 heterocycles. The van der Waals surface area contributed by atoms with Gasteiger partial charge in [0.2, 0.25) is 0 Å². The Bertz CT molecular complexity index is 742. The second-order valence-corrected chi connectivity index (χ2v) is 5.24. The lowest BCUT2D eigenvalue weighted by Gasteiger charge is -2.18. The van der Waals surface area contributed by atoms with Crippen molar-refractivity contribution < 1.29 is 14.7 Å². The maximum absolute atomic E-state index is 12.6. The van der Waals surface area contributed by atoms with Gasteiger partial charge in [-0.05, 0) is 36.2 Å². The van der Waals surface area contributed by atoms with E-state index in [4.69, 9.17) is 16.7 Å². The van der Waals surface area contributed by atoms with Crippen LogP contribution in [0.1, 0.15) is 26.3 Å². The summed E-state index contributed by atoms with van der Waals surface area (Å²) in [5, 5.41) is 9.47. The number of amides is 1. The van der Waals surface area contributed by atoms with Gasteiger partial charge in [0, 0.05) is 12.2 Å². The van der Waals surface area contributed by atoms with Crippen molar-refractivity contribution in [2.75, 3.05) is 11.4 Å². The smallest absolute Gasteiger partial charge is 0.335 e. The molecule has 0 fully saturated rings. The fourth-order valence-electron chi connectivity index (χ4n) is 2.50. The highest BCUT2D eigenvalue weighted by Crippen LogP contribution is 2.31. The Hall–Kier alpha value is -2.33. The van der Waals surface area contributed by atoms with Gasteiger partial charge in [0.1, 0.15) is 0 Å². The molecule has 0 aliphatic carbocycles. The molecule has 1 N–H and O–H groups in total. The number of benzene rings is 2. The van der Waals surface area contributed by atoms with E-state index in [1.54, 1.807) is 47.4 Å². The quantitative estimate of drug-likeness (QED) is 0.926. The van der Waals surface area contributed by atoms with Gasteiger partial charge < -0.3 is 10.0 Å². The molecular weight excluding hydrogens is 290 g/mol. The Balaban J connectivity index is 2.01. The summed E-state index contributed by atoms with van der Waals surface area (Å²) in [6, 6.07) is 11.7. The predicted molar refractivity (Wildman–Crippen MR) is 80.2 cm³/mol. The number of carbonyl (C=O) groups is 2. The number of nitrogens with zero attached hydrogens (tertiary/aromatic N) is 1. The lowest BCUT2D eigenvalue weighted by molar-refractivity contribution is 0.0696. The summed E-state index contributed by atoms with van der Waals surface area (Å²) in [4.78, 5) is 25.3. The van der Waals surface area contributed by atoms with Crippen LogP contribution in [0.25, 0.3) is 0 Å². The highest BCUT2D eigenvalue weighted by molar-refractivity contribution is 6.34. The van der Waals surface area contributed by atoms with Crippen LogP contribution in [0.2, 0.25) is 5.02 Å². The molecule has 0 unspecified atom stereocenters. The van der Waals surface area contributed by atoms with E-state index in [0.717, 1.165) is 5.56 Å². The maximum Gasteiger partial charge on any atom is 0.335 e. The van der Waals surface area contributed by atoms with Crippen LogP contribution in [0.4, 0.5) is 5.69 Å². The molecular formula is C16H12ClNO3. The summed E-state index contributed by atoms with van der Waals surface area (Å²) >= 11 is 6.06. The van der Waals surface area contributed by atoms with Gasteiger partial charge in [-0.3, -0.25) is 4.79 Å². The molecule has 0 saturated carbocycles. The van der Waals surface area contributed by atoms with E-state index >= 15 is 0 Å². The first-order valence-corrected chi connectivity index (χ1v) is 6.88. The fraction of sp³-hybridized carbons (Fsp3) is 0.125. The summed E-state index contributed by atoms with van der Waals surface area (Å²) < 4.78 is 0. The SMILES string of the molecule is O=C(O)c1ccc2c(c1)N(C(=O)c1ccccc1Cl)CC2. The molecule has 2 aromatic carbocycles. The monoisotopic (exact) mass is 301 g/mol. The van der Waals surface area contributed by atoms with Crippen molar-refractivity contribution >= 4 is 29.2 Å². The van der Waals surface area contributed by atoms with Gasteiger partial charge in [0.15, 0.2) is 0 Å². The first-order chi connectivity index (χ1) is 10.1. The summed E-state index contributed by atoms with van der Waals surface area (Å²) in [6.45, 7) is 0.530. The van der Waals surface area contributed by atoms with Gasteiger partial charge in [-0.15, -0.1) is 0 Å².